The second-order valence-corrected chi connectivity index (χ2v) is 4.63. The summed E-state index contributed by atoms with van der Waals surface area (Å²) in [6, 6.07) is 0.839. The van der Waals surface area contributed by atoms with E-state index < -0.39 is 0 Å². The second-order valence-electron chi connectivity index (χ2n) is 4.63. The Balaban J connectivity index is 1.50. The molecule has 1 atom stereocenters. The highest BCUT2D eigenvalue weighted by Crippen LogP contribution is 2.18. The summed E-state index contributed by atoms with van der Waals surface area (Å²) in [5.74, 6) is 0. The van der Waals surface area contributed by atoms with Crippen molar-refractivity contribution in [1.29, 1.82) is 0 Å². The van der Waals surface area contributed by atoms with Gasteiger partial charge < -0.3 is 15.0 Å². The van der Waals surface area contributed by atoms with Crippen LogP contribution in [0.1, 0.15) is 25.7 Å². The molecular formula is C11H22N2O. The van der Waals surface area contributed by atoms with Crippen molar-refractivity contribution in [2.75, 3.05) is 33.3 Å². The van der Waals surface area contributed by atoms with Crippen molar-refractivity contribution in [1.82, 2.24) is 10.2 Å². The molecule has 0 aromatic carbocycles. The van der Waals surface area contributed by atoms with Crippen LogP contribution in [0.4, 0.5) is 0 Å². The molecule has 1 N–H and O–H groups in total. The molecule has 1 saturated carbocycles. The van der Waals surface area contributed by atoms with Crippen LogP contribution in [-0.2, 0) is 4.74 Å². The van der Waals surface area contributed by atoms with Gasteiger partial charge in [-0.25, -0.2) is 0 Å². The van der Waals surface area contributed by atoms with E-state index in [0.717, 1.165) is 32.3 Å². The van der Waals surface area contributed by atoms with Crippen LogP contribution in [-0.4, -0.2) is 50.3 Å². The van der Waals surface area contributed by atoms with Gasteiger partial charge in [-0.1, -0.05) is 0 Å². The van der Waals surface area contributed by atoms with E-state index in [-0.39, 0.29) is 0 Å². The molecule has 14 heavy (non-hydrogen) atoms. The normalized spacial score (nSPS) is 27.4. The molecule has 0 spiro atoms. The molecule has 82 valence electrons. The van der Waals surface area contributed by atoms with Crippen molar-refractivity contribution >= 4 is 0 Å². The van der Waals surface area contributed by atoms with Gasteiger partial charge in [0.05, 0.1) is 6.10 Å². The lowest BCUT2D eigenvalue weighted by atomic mass is 10.2. The van der Waals surface area contributed by atoms with Crippen LogP contribution in [0.2, 0.25) is 0 Å². The summed E-state index contributed by atoms with van der Waals surface area (Å²) in [5.41, 5.74) is 0. The maximum atomic E-state index is 5.60. The minimum absolute atomic E-state index is 0.501. The molecule has 2 aliphatic rings. The molecule has 1 saturated heterocycles. The van der Waals surface area contributed by atoms with Crippen molar-refractivity contribution in [3.8, 4) is 0 Å². The highest BCUT2D eigenvalue weighted by molar-refractivity contribution is 4.81. The third-order valence-electron chi connectivity index (χ3n) is 3.04. The molecule has 1 aliphatic carbocycles. The zero-order valence-corrected chi connectivity index (χ0v) is 9.17. The van der Waals surface area contributed by atoms with Gasteiger partial charge in [0, 0.05) is 32.3 Å². The van der Waals surface area contributed by atoms with Crippen LogP contribution in [0, 0.1) is 0 Å². The van der Waals surface area contributed by atoms with Crippen LogP contribution in [0.5, 0.6) is 0 Å². The van der Waals surface area contributed by atoms with Gasteiger partial charge in [0.1, 0.15) is 0 Å². The van der Waals surface area contributed by atoms with Crippen molar-refractivity contribution in [3.63, 3.8) is 0 Å². The smallest absolute Gasteiger partial charge is 0.0702 e. The van der Waals surface area contributed by atoms with E-state index >= 15 is 0 Å². The average Bonchev–Trinajstić information content (AvgIpc) is 2.83. The first-order chi connectivity index (χ1) is 6.84. The molecule has 0 amide bonds. The minimum Gasteiger partial charge on any atom is -0.377 e. The summed E-state index contributed by atoms with van der Waals surface area (Å²) in [6.07, 6.45) is 5.77. The number of nitrogens with one attached hydrogen (secondary N) is 1. The summed E-state index contributed by atoms with van der Waals surface area (Å²) in [7, 11) is 2.19. The summed E-state index contributed by atoms with van der Waals surface area (Å²) in [4.78, 5) is 2.38. The second kappa shape index (κ2) is 5.10. The zero-order chi connectivity index (χ0) is 9.80. The lowest BCUT2D eigenvalue weighted by molar-refractivity contribution is 0.0815. The Labute approximate surface area is 86.8 Å². The van der Waals surface area contributed by atoms with E-state index in [1.165, 1.54) is 25.7 Å². The first kappa shape index (κ1) is 10.4. The summed E-state index contributed by atoms with van der Waals surface area (Å²) < 4.78 is 5.60. The molecule has 2 fully saturated rings. The molecule has 0 unspecified atom stereocenters. The fourth-order valence-corrected chi connectivity index (χ4v) is 1.97. The third-order valence-corrected chi connectivity index (χ3v) is 3.04. The molecular weight excluding hydrogens is 176 g/mol. The topological polar surface area (TPSA) is 24.5 Å². The predicted molar refractivity (Wildman–Crippen MR) is 57.5 cm³/mol. The van der Waals surface area contributed by atoms with Crippen LogP contribution in [0.15, 0.2) is 0 Å². The Morgan fingerprint density at radius 3 is 2.86 bits per heavy atom. The Bertz CT molecular complexity index is 165. The van der Waals surface area contributed by atoms with Crippen molar-refractivity contribution in [3.05, 3.63) is 0 Å². The lowest BCUT2D eigenvalue weighted by Gasteiger charge is -2.20. The fourth-order valence-electron chi connectivity index (χ4n) is 1.97. The molecule has 0 radical (unpaired) electrons. The van der Waals surface area contributed by atoms with Gasteiger partial charge in [0.25, 0.3) is 0 Å². The van der Waals surface area contributed by atoms with Crippen LogP contribution in [0.25, 0.3) is 0 Å². The maximum Gasteiger partial charge on any atom is 0.0702 e. The average molecular weight is 198 g/mol. The van der Waals surface area contributed by atoms with E-state index in [1.807, 2.05) is 0 Å². The first-order valence-electron chi connectivity index (χ1n) is 5.88. The standard InChI is InChI=1S/C11H22N2O/c1-13(7-6-12-10-4-5-10)9-11-3-2-8-14-11/h10-12H,2-9H2,1H3/t11-/m0/s1. The van der Waals surface area contributed by atoms with Crippen LogP contribution < -0.4 is 5.32 Å². The molecule has 0 bridgehead atoms. The molecule has 1 heterocycles. The molecule has 2 rings (SSSR count). The van der Waals surface area contributed by atoms with Crippen molar-refractivity contribution in [2.45, 2.75) is 37.8 Å². The lowest BCUT2D eigenvalue weighted by Crippen LogP contribution is -2.35. The van der Waals surface area contributed by atoms with Gasteiger partial charge >= 0.3 is 0 Å². The van der Waals surface area contributed by atoms with E-state index in [9.17, 15) is 0 Å². The summed E-state index contributed by atoms with van der Waals surface area (Å²) >= 11 is 0. The number of hydrogen-bond acceptors (Lipinski definition) is 3. The molecule has 3 heteroatoms. The molecule has 1 aliphatic heterocycles. The number of likely N-dealkylation sites (N-methyl/N-ethyl adjacent to an activating group) is 1. The summed E-state index contributed by atoms with van der Waals surface area (Å²) in [5, 5.41) is 3.53. The minimum atomic E-state index is 0.501. The molecule has 0 aromatic rings. The quantitative estimate of drug-likeness (QED) is 0.685. The number of rotatable bonds is 6. The van der Waals surface area contributed by atoms with Gasteiger partial charge in [0.2, 0.25) is 0 Å². The number of ether oxygens (including phenoxy) is 1. The van der Waals surface area contributed by atoms with Gasteiger partial charge in [0.15, 0.2) is 0 Å². The highest BCUT2D eigenvalue weighted by Gasteiger charge is 2.20. The molecule has 0 aromatic heterocycles. The maximum absolute atomic E-state index is 5.60. The van der Waals surface area contributed by atoms with Crippen LogP contribution in [0.3, 0.4) is 0 Å². The monoisotopic (exact) mass is 198 g/mol. The Morgan fingerprint density at radius 1 is 1.36 bits per heavy atom. The predicted octanol–water partition coefficient (Wildman–Crippen LogP) is 0.849. The Kier molecular flexibility index (Phi) is 3.79. The van der Waals surface area contributed by atoms with Gasteiger partial charge in [-0.3, -0.25) is 0 Å². The number of nitrogens with zero attached hydrogens (tertiary/aromatic N) is 1. The van der Waals surface area contributed by atoms with Crippen molar-refractivity contribution in [2.24, 2.45) is 0 Å². The highest BCUT2D eigenvalue weighted by atomic mass is 16.5. The SMILES string of the molecule is CN(CCNC1CC1)C[C@@H]1CCCO1. The fraction of sp³-hybridized carbons (Fsp3) is 1.00. The van der Waals surface area contributed by atoms with E-state index in [4.69, 9.17) is 4.74 Å². The van der Waals surface area contributed by atoms with E-state index in [0.29, 0.717) is 6.10 Å². The van der Waals surface area contributed by atoms with E-state index in [2.05, 4.69) is 17.3 Å². The third kappa shape index (κ3) is 3.56. The van der Waals surface area contributed by atoms with E-state index in [1.54, 1.807) is 0 Å². The van der Waals surface area contributed by atoms with Crippen LogP contribution >= 0.6 is 0 Å². The Morgan fingerprint density at radius 2 is 2.21 bits per heavy atom. The number of hydrogen-bond donors (Lipinski definition) is 1. The largest absolute Gasteiger partial charge is 0.377 e. The van der Waals surface area contributed by atoms with Gasteiger partial charge in [-0.2, -0.15) is 0 Å². The van der Waals surface area contributed by atoms with Crippen molar-refractivity contribution < 1.29 is 4.74 Å². The van der Waals surface area contributed by atoms with Gasteiger partial charge in [-0.05, 0) is 32.7 Å². The Hall–Kier alpha value is -0.120. The molecule has 3 nitrogen and oxygen atoms in total. The zero-order valence-electron chi connectivity index (χ0n) is 9.17. The van der Waals surface area contributed by atoms with Gasteiger partial charge in [-0.15, -0.1) is 0 Å². The first-order valence-corrected chi connectivity index (χ1v) is 5.88. The summed E-state index contributed by atoms with van der Waals surface area (Å²) in [6.45, 7) is 4.36.